The normalized spacial score (nSPS) is 15.1. The summed E-state index contributed by atoms with van der Waals surface area (Å²) in [5.74, 6) is -1.72. The van der Waals surface area contributed by atoms with E-state index in [9.17, 15) is 31.5 Å². The Morgan fingerprint density at radius 1 is 1.14 bits per heavy atom. The summed E-state index contributed by atoms with van der Waals surface area (Å²) in [7, 11) is 0. The molecule has 5 rings (SSSR count). The summed E-state index contributed by atoms with van der Waals surface area (Å²) < 4.78 is 79.0. The number of aliphatic imine (C=N–C) groups is 1. The third-order valence-electron chi connectivity index (χ3n) is 8.14. The summed E-state index contributed by atoms with van der Waals surface area (Å²) in [6, 6.07) is 11.0. The molecule has 2 amide bonds. The Kier molecular flexibility index (Phi) is 11.0. The first-order valence-electron chi connectivity index (χ1n) is 15.6. The Morgan fingerprint density at radius 3 is 2.43 bits per heavy atom. The van der Waals surface area contributed by atoms with Gasteiger partial charge in [0.15, 0.2) is 11.8 Å². The van der Waals surface area contributed by atoms with Crippen molar-refractivity contribution < 1.29 is 36.3 Å². The van der Waals surface area contributed by atoms with Gasteiger partial charge in [-0.15, -0.1) is 0 Å². The van der Waals surface area contributed by atoms with Gasteiger partial charge in [-0.1, -0.05) is 50.6 Å². The average molecular weight is 753 g/mol. The Balaban J connectivity index is 1.58. The van der Waals surface area contributed by atoms with Crippen LogP contribution in [-0.2, 0) is 4.74 Å². The number of amides is 2. The van der Waals surface area contributed by atoms with Crippen LogP contribution in [0.1, 0.15) is 74.2 Å². The van der Waals surface area contributed by atoms with Gasteiger partial charge in [-0.3, -0.25) is 14.7 Å². The molecule has 1 atom stereocenters. The average Bonchev–Trinajstić information content (AvgIpc) is 3.43. The number of aromatic nitrogens is 4. The molecule has 3 N–H and O–H groups in total. The monoisotopic (exact) mass is 752 g/mol. The van der Waals surface area contributed by atoms with Crippen LogP contribution in [0, 0.1) is 5.41 Å². The number of carbonyl (C=O) groups excluding carboxylic acids is 2. The molecule has 0 bridgehead atoms. The molecule has 4 aromatic rings. The standard InChI is InChI=1S/C33H34ClF5N8O3S/c1-31(2,3)13-14-41-29(40)46(28(48)20-6-4-19(5-7-20)23-10-15-51-45-23)25(17-50-30(49)44-32(11-12-32)33(37,38)39)21-8-9-22(34)24(16-21)47-27(26(35)36)42-18-43-47/h4-10,15-16,18,25-26H,11-14,17H2,1-3H3,(H2,40,41)(H,44,49)/t25-/m1/s1. The molecular weight excluding hydrogens is 719 g/mol. The van der Waals surface area contributed by atoms with E-state index in [-0.39, 0.29) is 52.6 Å². The Hall–Kier alpha value is -4.64. The maximum atomic E-state index is 14.4. The van der Waals surface area contributed by atoms with Crippen molar-refractivity contribution in [3.63, 3.8) is 0 Å². The predicted octanol–water partition coefficient (Wildman–Crippen LogP) is 7.74. The first-order chi connectivity index (χ1) is 24.0. The molecule has 2 heterocycles. The number of nitrogens with one attached hydrogen (secondary N) is 1. The molecule has 1 aliphatic carbocycles. The van der Waals surface area contributed by atoms with Gasteiger partial charge in [-0.2, -0.15) is 22.6 Å². The van der Waals surface area contributed by atoms with E-state index in [2.05, 4.69) is 19.4 Å². The lowest BCUT2D eigenvalue weighted by Gasteiger charge is -2.32. The van der Waals surface area contributed by atoms with Crippen LogP contribution >= 0.6 is 23.1 Å². The third-order valence-corrected chi connectivity index (χ3v) is 9.02. The van der Waals surface area contributed by atoms with Crippen LogP contribution < -0.4 is 11.1 Å². The lowest BCUT2D eigenvalue weighted by atomic mass is 9.92. The van der Waals surface area contributed by atoms with Crippen LogP contribution in [0.15, 0.2) is 65.2 Å². The van der Waals surface area contributed by atoms with Gasteiger partial charge in [0.2, 0.25) is 0 Å². The molecule has 11 nitrogen and oxygen atoms in total. The highest BCUT2D eigenvalue weighted by Gasteiger charge is 2.64. The fraction of sp³-hybridized carbons (Fsp3) is 0.394. The Morgan fingerprint density at radius 2 is 1.84 bits per heavy atom. The molecule has 0 aliphatic heterocycles. The van der Waals surface area contributed by atoms with Crippen LogP contribution in [-0.4, -0.2) is 66.9 Å². The second kappa shape index (κ2) is 14.9. The summed E-state index contributed by atoms with van der Waals surface area (Å²) in [6.07, 6.45) is -8.31. The molecule has 1 saturated carbocycles. The molecule has 18 heteroatoms. The van der Waals surface area contributed by atoms with Crippen molar-refractivity contribution in [3.05, 3.63) is 82.2 Å². The van der Waals surface area contributed by atoms with Gasteiger partial charge in [-0.25, -0.2) is 23.2 Å². The van der Waals surface area contributed by atoms with E-state index in [1.807, 2.05) is 32.2 Å². The number of halogens is 6. The first-order valence-corrected chi connectivity index (χ1v) is 16.8. The van der Waals surface area contributed by atoms with Crippen LogP contribution in [0.4, 0.5) is 26.7 Å². The minimum atomic E-state index is -4.71. The van der Waals surface area contributed by atoms with Gasteiger partial charge in [-0.05, 0) is 72.1 Å². The molecule has 0 saturated heterocycles. The van der Waals surface area contributed by atoms with Gasteiger partial charge in [0.1, 0.15) is 18.5 Å². The van der Waals surface area contributed by atoms with E-state index < -0.39 is 48.6 Å². The largest absolute Gasteiger partial charge is 0.447 e. The molecule has 0 unspecified atom stereocenters. The predicted molar refractivity (Wildman–Crippen MR) is 181 cm³/mol. The van der Waals surface area contributed by atoms with Gasteiger partial charge in [0.25, 0.3) is 12.3 Å². The van der Waals surface area contributed by atoms with Gasteiger partial charge in [0.05, 0.1) is 22.4 Å². The van der Waals surface area contributed by atoms with E-state index >= 15 is 0 Å². The molecule has 272 valence electrons. The number of benzene rings is 2. The van der Waals surface area contributed by atoms with Gasteiger partial charge in [0, 0.05) is 23.1 Å². The van der Waals surface area contributed by atoms with Crippen LogP contribution in [0.5, 0.6) is 0 Å². The minimum absolute atomic E-state index is 0.0215. The van der Waals surface area contributed by atoms with Crippen molar-refractivity contribution in [1.29, 1.82) is 0 Å². The summed E-state index contributed by atoms with van der Waals surface area (Å²) >= 11 is 7.68. The highest BCUT2D eigenvalue weighted by Crippen LogP contribution is 2.49. The number of rotatable bonds is 11. The number of alkyl halides is 5. The van der Waals surface area contributed by atoms with Crippen molar-refractivity contribution in [2.75, 3.05) is 13.2 Å². The first kappa shape index (κ1) is 37.6. The van der Waals surface area contributed by atoms with E-state index in [0.717, 1.165) is 21.5 Å². The summed E-state index contributed by atoms with van der Waals surface area (Å²) in [6.45, 7) is 5.43. The highest BCUT2D eigenvalue weighted by molar-refractivity contribution is 7.03. The quantitative estimate of drug-likeness (QED) is 0.0908. The minimum Gasteiger partial charge on any atom is -0.447 e. The van der Waals surface area contributed by atoms with Crippen molar-refractivity contribution in [2.24, 2.45) is 16.1 Å². The zero-order valence-corrected chi connectivity index (χ0v) is 29.2. The fourth-order valence-electron chi connectivity index (χ4n) is 5.07. The van der Waals surface area contributed by atoms with Crippen molar-refractivity contribution in [1.82, 2.24) is 29.4 Å². The number of hydrogen-bond acceptors (Lipinski definition) is 8. The molecule has 1 aliphatic rings. The topological polar surface area (TPSA) is 141 Å². The number of alkyl carbamates (subject to hydrolysis) is 1. The maximum Gasteiger partial charge on any atom is 0.411 e. The smallest absolute Gasteiger partial charge is 0.411 e. The number of ether oxygens (including phenoxy) is 1. The maximum absolute atomic E-state index is 14.4. The van der Waals surface area contributed by atoms with E-state index in [0.29, 0.717) is 12.1 Å². The second-order valence-electron chi connectivity index (χ2n) is 13.0. The molecule has 2 aromatic heterocycles. The fourth-order valence-corrected chi connectivity index (χ4v) is 5.79. The highest BCUT2D eigenvalue weighted by atomic mass is 35.5. The van der Waals surface area contributed by atoms with Crippen LogP contribution in [0.2, 0.25) is 5.02 Å². The molecule has 0 radical (unpaired) electrons. The van der Waals surface area contributed by atoms with Crippen LogP contribution in [0.25, 0.3) is 16.9 Å². The van der Waals surface area contributed by atoms with Crippen molar-refractivity contribution in [2.45, 2.75) is 64.2 Å². The zero-order chi connectivity index (χ0) is 37.1. The van der Waals surface area contributed by atoms with E-state index in [4.69, 9.17) is 22.1 Å². The lowest BCUT2D eigenvalue weighted by Crippen LogP contribution is -2.49. The second-order valence-corrected chi connectivity index (χ2v) is 14.1. The Bertz CT molecular complexity index is 1870. The number of nitrogens with zero attached hydrogens (tertiary/aromatic N) is 6. The molecular formula is C33H34ClF5N8O3S. The summed E-state index contributed by atoms with van der Waals surface area (Å²) in [4.78, 5) is 36.3. The van der Waals surface area contributed by atoms with Crippen LogP contribution in [0.3, 0.4) is 0 Å². The van der Waals surface area contributed by atoms with Crippen molar-refractivity contribution >= 4 is 41.1 Å². The summed E-state index contributed by atoms with van der Waals surface area (Å²) in [5, 5.41) is 7.55. The van der Waals surface area contributed by atoms with E-state index in [1.165, 1.54) is 41.9 Å². The third kappa shape index (κ3) is 8.81. The molecule has 2 aromatic carbocycles. The molecule has 1 fully saturated rings. The Labute approximate surface area is 298 Å². The SMILES string of the molecule is CC(C)(C)CCN=C(N)N(C(=O)c1ccc(-c2ccsn2)cc1)[C@H](COC(=O)NC1(C(F)(F)F)CC1)c1ccc(Cl)c(-n2ncnc2C(F)F)c1. The number of guanidine groups is 1. The summed E-state index contributed by atoms with van der Waals surface area (Å²) in [5.41, 5.74) is 5.58. The zero-order valence-electron chi connectivity index (χ0n) is 27.6. The van der Waals surface area contributed by atoms with Gasteiger partial charge >= 0.3 is 12.3 Å². The number of carbonyl (C=O) groups is 2. The van der Waals surface area contributed by atoms with Gasteiger partial charge < -0.3 is 15.8 Å². The molecule has 0 spiro atoms. The lowest BCUT2D eigenvalue weighted by molar-refractivity contribution is -0.164. The molecule has 51 heavy (non-hydrogen) atoms. The number of nitrogens with two attached hydrogens (primary N) is 1. The van der Waals surface area contributed by atoms with E-state index in [1.54, 1.807) is 17.5 Å². The number of hydrogen-bond donors (Lipinski definition) is 2. The van der Waals surface area contributed by atoms with Crippen molar-refractivity contribution in [3.8, 4) is 16.9 Å².